The van der Waals surface area contributed by atoms with E-state index in [1.54, 1.807) is 6.20 Å². The van der Waals surface area contributed by atoms with Crippen LogP contribution in [0.25, 0.3) is 0 Å². The van der Waals surface area contributed by atoms with E-state index >= 15 is 0 Å². The number of carbonyl (C=O) groups excluding carboxylic acids is 1. The number of piperidine rings is 1. The summed E-state index contributed by atoms with van der Waals surface area (Å²) in [6.07, 6.45) is 3.39. The van der Waals surface area contributed by atoms with Gasteiger partial charge >= 0.3 is 6.09 Å². The first kappa shape index (κ1) is 20.5. The van der Waals surface area contributed by atoms with E-state index in [-0.39, 0.29) is 31.6 Å². The summed E-state index contributed by atoms with van der Waals surface area (Å²) in [4.78, 5) is 25.8. The Hall–Kier alpha value is -3.23. The Bertz CT molecular complexity index is 831. The van der Waals surface area contributed by atoms with Gasteiger partial charge in [0.05, 0.1) is 12.7 Å². The highest BCUT2D eigenvalue weighted by Gasteiger charge is 2.32. The van der Waals surface area contributed by atoms with E-state index in [1.807, 2.05) is 31.2 Å². The van der Waals surface area contributed by atoms with Crippen LogP contribution in [0, 0.1) is 12.8 Å². The third-order valence-corrected chi connectivity index (χ3v) is 4.73. The van der Waals surface area contributed by atoms with E-state index in [4.69, 9.17) is 10.5 Å². The van der Waals surface area contributed by atoms with Crippen LogP contribution in [0.3, 0.4) is 0 Å². The van der Waals surface area contributed by atoms with Gasteiger partial charge in [0, 0.05) is 31.4 Å². The molecule has 0 radical (unpaired) electrons. The lowest BCUT2D eigenvalue weighted by atomic mass is 9.95. The highest BCUT2D eigenvalue weighted by atomic mass is 19.1. The highest BCUT2D eigenvalue weighted by Crippen LogP contribution is 2.22. The van der Waals surface area contributed by atoms with Gasteiger partial charge in [0.1, 0.15) is 12.8 Å². The smallest absolute Gasteiger partial charge is 0.410 e. The Morgan fingerprint density at radius 1 is 1.38 bits per heavy atom. The number of amides is 1. The van der Waals surface area contributed by atoms with Crippen LogP contribution in [0.5, 0.6) is 0 Å². The summed E-state index contributed by atoms with van der Waals surface area (Å²) in [7, 11) is 0. The van der Waals surface area contributed by atoms with Gasteiger partial charge in [-0.2, -0.15) is 0 Å². The number of benzene rings is 1. The molecule has 0 unspecified atom stereocenters. The van der Waals surface area contributed by atoms with Crippen molar-refractivity contribution in [3.8, 4) is 0 Å². The van der Waals surface area contributed by atoms with Gasteiger partial charge in [0.2, 0.25) is 0 Å². The summed E-state index contributed by atoms with van der Waals surface area (Å²) in [6.45, 7) is 2.80. The van der Waals surface area contributed by atoms with Gasteiger partial charge in [0.15, 0.2) is 11.8 Å². The number of rotatable bonds is 5. The molecular weight excluding hydrogens is 375 g/mol. The van der Waals surface area contributed by atoms with Crippen molar-refractivity contribution in [1.82, 2.24) is 14.9 Å². The van der Waals surface area contributed by atoms with Gasteiger partial charge < -0.3 is 20.7 Å². The van der Waals surface area contributed by atoms with Gasteiger partial charge in [-0.15, -0.1) is 0 Å². The third-order valence-electron chi connectivity index (χ3n) is 4.73. The maximum absolute atomic E-state index is 14.5. The van der Waals surface area contributed by atoms with E-state index in [1.165, 1.54) is 17.3 Å². The van der Waals surface area contributed by atoms with Gasteiger partial charge in [-0.05, 0) is 18.9 Å². The Morgan fingerprint density at radius 2 is 2.17 bits per heavy atom. The molecule has 0 aliphatic carbocycles. The lowest BCUT2D eigenvalue weighted by molar-refractivity contribution is 0.0537. The molecule has 8 nitrogen and oxygen atoms in total. The number of aromatic nitrogens is 2. The Labute approximate surface area is 169 Å². The number of anilines is 1. The SMILES string of the molecule is Cc1ccc(COC(=O)N2CC[C@H](CN=C(N)Nc3cnccn3)[C@H](F)C2)cc1. The Morgan fingerprint density at radius 3 is 2.86 bits per heavy atom. The highest BCUT2D eigenvalue weighted by molar-refractivity contribution is 5.91. The minimum Gasteiger partial charge on any atom is -0.445 e. The van der Waals surface area contributed by atoms with Crippen LogP contribution in [-0.2, 0) is 11.3 Å². The number of ether oxygens (including phenoxy) is 1. The van der Waals surface area contributed by atoms with Crippen LogP contribution < -0.4 is 11.1 Å². The molecule has 9 heteroatoms. The molecule has 29 heavy (non-hydrogen) atoms. The first-order valence-corrected chi connectivity index (χ1v) is 9.45. The second kappa shape index (κ2) is 9.81. The van der Waals surface area contributed by atoms with Crippen LogP contribution in [0.2, 0.25) is 0 Å². The fraction of sp³-hybridized carbons (Fsp3) is 0.400. The number of guanidine groups is 1. The normalized spacial score (nSPS) is 19.7. The van der Waals surface area contributed by atoms with Crippen molar-refractivity contribution >= 4 is 17.9 Å². The van der Waals surface area contributed by atoms with E-state index in [0.717, 1.165) is 11.1 Å². The molecule has 1 fully saturated rings. The number of likely N-dealkylation sites (tertiary alicyclic amines) is 1. The zero-order chi connectivity index (χ0) is 20.6. The summed E-state index contributed by atoms with van der Waals surface area (Å²) >= 11 is 0. The summed E-state index contributed by atoms with van der Waals surface area (Å²) in [5.41, 5.74) is 7.85. The Balaban J connectivity index is 1.44. The first-order chi connectivity index (χ1) is 14.0. The van der Waals surface area contributed by atoms with Gasteiger partial charge in [-0.25, -0.2) is 14.2 Å². The number of nitrogens with zero attached hydrogens (tertiary/aromatic N) is 4. The molecule has 2 aromatic rings. The van der Waals surface area contributed by atoms with E-state index in [9.17, 15) is 9.18 Å². The molecule has 2 atom stereocenters. The second-order valence-corrected chi connectivity index (χ2v) is 6.99. The van der Waals surface area contributed by atoms with Gasteiger partial charge in [0.25, 0.3) is 0 Å². The van der Waals surface area contributed by atoms with Crippen molar-refractivity contribution < 1.29 is 13.9 Å². The zero-order valence-electron chi connectivity index (χ0n) is 16.3. The molecule has 0 saturated carbocycles. The van der Waals surface area contributed by atoms with Crippen molar-refractivity contribution in [3.05, 3.63) is 54.0 Å². The molecule has 1 aliphatic heterocycles. The molecular formula is C20H25FN6O2. The molecule has 1 saturated heterocycles. The predicted molar refractivity (Wildman–Crippen MR) is 108 cm³/mol. The zero-order valence-corrected chi connectivity index (χ0v) is 16.3. The van der Waals surface area contributed by atoms with Crippen molar-refractivity contribution in [3.63, 3.8) is 0 Å². The number of aliphatic imine (C=N–C) groups is 1. The molecule has 0 spiro atoms. The number of carbonyl (C=O) groups is 1. The number of nitrogens with one attached hydrogen (secondary N) is 1. The molecule has 154 valence electrons. The van der Waals surface area contributed by atoms with Crippen molar-refractivity contribution in [2.45, 2.75) is 26.1 Å². The van der Waals surface area contributed by atoms with Crippen LogP contribution in [0.4, 0.5) is 15.0 Å². The van der Waals surface area contributed by atoms with Crippen molar-refractivity contribution in [1.29, 1.82) is 0 Å². The molecule has 3 rings (SSSR count). The summed E-state index contributed by atoms with van der Waals surface area (Å²) in [5, 5.41) is 2.81. The maximum atomic E-state index is 14.5. The quantitative estimate of drug-likeness (QED) is 0.590. The van der Waals surface area contributed by atoms with Crippen LogP contribution in [0.15, 0.2) is 47.8 Å². The molecule has 1 amide bonds. The third kappa shape index (κ3) is 6.13. The summed E-state index contributed by atoms with van der Waals surface area (Å²) < 4.78 is 19.8. The molecule has 2 heterocycles. The molecule has 0 bridgehead atoms. The number of alkyl halides is 1. The fourth-order valence-corrected chi connectivity index (χ4v) is 3.00. The van der Waals surface area contributed by atoms with Crippen LogP contribution in [0.1, 0.15) is 17.5 Å². The molecule has 3 N–H and O–H groups in total. The fourth-order valence-electron chi connectivity index (χ4n) is 3.00. The number of hydrogen-bond acceptors (Lipinski definition) is 5. The minimum absolute atomic E-state index is 0.00951. The minimum atomic E-state index is -1.19. The topological polar surface area (TPSA) is 106 Å². The number of nitrogens with two attached hydrogens (primary N) is 1. The van der Waals surface area contributed by atoms with E-state index < -0.39 is 12.3 Å². The monoisotopic (exact) mass is 400 g/mol. The number of halogens is 1. The standard InChI is InChI=1S/C20H25FN6O2/c1-14-2-4-15(5-3-14)13-29-20(28)27-9-6-16(17(21)12-27)10-25-19(22)26-18-11-23-7-8-24-18/h2-5,7-8,11,16-17H,6,9-10,12-13H2,1H3,(H3,22,24,25,26)/t16-,17-/m1/s1. The number of hydrogen-bond donors (Lipinski definition) is 2. The summed E-state index contributed by atoms with van der Waals surface area (Å²) in [6, 6.07) is 7.73. The first-order valence-electron chi connectivity index (χ1n) is 9.45. The predicted octanol–water partition coefficient (Wildman–Crippen LogP) is 2.51. The maximum Gasteiger partial charge on any atom is 0.410 e. The average Bonchev–Trinajstić information content (AvgIpc) is 2.73. The van der Waals surface area contributed by atoms with E-state index in [2.05, 4.69) is 20.3 Å². The Kier molecular flexibility index (Phi) is 6.94. The van der Waals surface area contributed by atoms with Gasteiger partial charge in [-0.1, -0.05) is 29.8 Å². The van der Waals surface area contributed by atoms with Crippen LogP contribution in [-0.4, -0.2) is 52.7 Å². The molecule has 1 aromatic carbocycles. The van der Waals surface area contributed by atoms with Crippen LogP contribution >= 0.6 is 0 Å². The van der Waals surface area contributed by atoms with E-state index in [0.29, 0.717) is 18.8 Å². The van der Waals surface area contributed by atoms with Gasteiger partial charge in [-0.3, -0.25) is 9.98 Å². The molecule has 1 aromatic heterocycles. The average molecular weight is 400 g/mol. The van der Waals surface area contributed by atoms with Crippen molar-refractivity contribution in [2.24, 2.45) is 16.6 Å². The van der Waals surface area contributed by atoms with Crippen molar-refractivity contribution in [2.75, 3.05) is 25.0 Å². The summed E-state index contributed by atoms with van der Waals surface area (Å²) in [5.74, 6) is 0.313. The molecule has 1 aliphatic rings. The lowest BCUT2D eigenvalue weighted by Crippen LogP contribution is -2.46. The largest absolute Gasteiger partial charge is 0.445 e. The number of aryl methyl sites for hydroxylation is 1. The lowest BCUT2D eigenvalue weighted by Gasteiger charge is -2.33. The second-order valence-electron chi connectivity index (χ2n) is 6.99.